The molecule has 6 heteroatoms. The zero-order chi connectivity index (χ0) is 14.9. The predicted molar refractivity (Wildman–Crippen MR) is 81.3 cm³/mol. The number of fused-ring (bicyclic) bond motifs is 1. The molecule has 0 radical (unpaired) electrons. The molecule has 1 fully saturated rings. The number of nitrogens with zero attached hydrogens (tertiary/aromatic N) is 4. The predicted octanol–water partition coefficient (Wildman–Crippen LogP) is 2.57. The van der Waals surface area contributed by atoms with Crippen LogP contribution in [0.1, 0.15) is 67.6 Å². The summed E-state index contributed by atoms with van der Waals surface area (Å²) in [5, 5.41) is 4.09. The Kier molecular flexibility index (Phi) is 3.70. The van der Waals surface area contributed by atoms with Crippen molar-refractivity contribution in [3.05, 3.63) is 28.9 Å². The second-order valence-electron chi connectivity index (χ2n) is 6.34. The van der Waals surface area contributed by atoms with Crippen LogP contribution in [0.2, 0.25) is 0 Å². The van der Waals surface area contributed by atoms with E-state index in [0.717, 1.165) is 56.3 Å². The molecule has 6 nitrogen and oxygen atoms in total. The molecular formula is C16H23N5O. The number of H-pyrrole nitrogens is 1. The summed E-state index contributed by atoms with van der Waals surface area (Å²) in [4.78, 5) is 15.3. The van der Waals surface area contributed by atoms with Crippen LogP contribution in [0.4, 0.5) is 0 Å². The maximum atomic E-state index is 5.22. The summed E-state index contributed by atoms with van der Waals surface area (Å²) in [7, 11) is 0. The second-order valence-corrected chi connectivity index (χ2v) is 6.34. The molecule has 1 saturated heterocycles. The Bertz CT molecular complexity index is 623. The molecule has 0 saturated carbocycles. The van der Waals surface area contributed by atoms with Gasteiger partial charge in [-0.3, -0.25) is 4.90 Å². The standard InChI is InChI=1S/C16H23N5O/c1-2-15-19-14(20-22-15)10-21-9-5-8-13(21)16-17-11-6-3-4-7-12(11)18-16/h13H,2-10H2,1H3,(H,17,18)/t13-/m0/s1. The van der Waals surface area contributed by atoms with Gasteiger partial charge in [0, 0.05) is 12.1 Å². The Hall–Kier alpha value is -1.69. The van der Waals surface area contributed by atoms with Gasteiger partial charge in [-0.1, -0.05) is 12.1 Å². The molecule has 118 valence electrons. The molecule has 0 bridgehead atoms. The van der Waals surface area contributed by atoms with Gasteiger partial charge in [0.25, 0.3) is 0 Å². The first-order valence-corrected chi connectivity index (χ1v) is 8.46. The molecule has 0 spiro atoms. The number of hydrogen-bond donors (Lipinski definition) is 1. The largest absolute Gasteiger partial charge is 0.344 e. The first-order chi connectivity index (χ1) is 10.8. The van der Waals surface area contributed by atoms with E-state index in [1.807, 2.05) is 6.92 Å². The molecule has 1 atom stereocenters. The molecule has 2 aliphatic rings. The topological polar surface area (TPSA) is 70.8 Å². The molecule has 1 aliphatic carbocycles. The molecule has 0 aromatic carbocycles. The van der Waals surface area contributed by atoms with Crippen LogP contribution in [0.3, 0.4) is 0 Å². The van der Waals surface area contributed by atoms with E-state index in [1.165, 1.54) is 30.7 Å². The van der Waals surface area contributed by atoms with Crippen molar-refractivity contribution in [2.24, 2.45) is 0 Å². The average molecular weight is 301 g/mol. The minimum atomic E-state index is 0.370. The molecule has 0 unspecified atom stereocenters. The van der Waals surface area contributed by atoms with Crippen LogP contribution in [0.15, 0.2) is 4.52 Å². The number of imidazole rings is 1. The summed E-state index contributed by atoms with van der Waals surface area (Å²) in [5.41, 5.74) is 2.65. The first kappa shape index (κ1) is 13.9. The van der Waals surface area contributed by atoms with Gasteiger partial charge in [0.15, 0.2) is 5.82 Å². The summed E-state index contributed by atoms with van der Waals surface area (Å²) < 4.78 is 5.22. The fourth-order valence-electron chi connectivity index (χ4n) is 3.64. The summed E-state index contributed by atoms with van der Waals surface area (Å²) in [6.07, 6.45) is 7.99. The lowest BCUT2D eigenvalue weighted by Gasteiger charge is -2.20. The van der Waals surface area contributed by atoms with Gasteiger partial charge in [-0.15, -0.1) is 0 Å². The Morgan fingerprint density at radius 3 is 2.95 bits per heavy atom. The molecule has 0 amide bonds. The Morgan fingerprint density at radius 1 is 1.23 bits per heavy atom. The van der Waals surface area contributed by atoms with Crippen molar-refractivity contribution >= 4 is 0 Å². The number of aryl methyl sites for hydroxylation is 3. The van der Waals surface area contributed by atoms with Crippen LogP contribution in [-0.2, 0) is 25.8 Å². The summed E-state index contributed by atoms with van der Waals surface area (Å²) in [6.45, 7) is 3.86. The Labute approximate surface area is 130 Å². The van der Waals surface area contributed by atoms with Gasteiger partial charge in [0.05, 0.1) is 18.3 Å². The van der Waals surface area contributed by atoms with E-state index in [0.29, 0.717) is 6.04 Å². The first-order valence-electron chi connectivity index (χ1n) is 8.46. The number of hydrogen-bond acceptors (Lipinski definition) is 5. The summed E-state index contributed by atoms with van der Waals surface area (Å²) >= 11 is 0. The number of nitrogens with one attached hydrogen (secondary N) is 1. The average Bonchev–Trinajstić information content (AvgIpc) is 3.25. The van der Waals surface area contributed by atoms with Gasteiger partial charge in [-0.2, -0.15) is 4.98 Å². The van der Waals surface area contributed by atoms with Crippen LogP contribution < -0.4 is 0 Å². The van der Waals surface area contributed by atoms with Crippen molar-refractivity contribution in [1.29, 1.82) is 0 Å². The van der Waals surface area contributed by atoms with Crippen molar-refractivity contribution in [3.8, 4) is 0 Å². The highest BCUT2D eigenvalue weighted by Gasteiger charge is 2.30. The van der Waals surface area contributed by atoms with E-state index in [2.05, 4.69) is 20.0 Å². The second kappa shape index (κ2) is 5.83. The van der Waals surface area contributed by atoms with E-state index in [-0.39, 0.29) is 0 Å². The lowest BCUT2D eigenvalue weighted by molar-refractivity contribution is 0.230. The summed E-state index contributed by atoms with van der Waals surface area (Å²) in [6, 6.07) is 0.370. The minimum absolute atomic E-state index is 0.370. The van der Waals surface area contributed by atoms with Gasteiger partial charge in [-0.05, 0) is 45.1 Å². The van der Waals surface area contributed by atoms with E-state index in [9.17, 15) is 0 Å². The lowest BCUT2D eigenvalue weighted by atomic mass is 10.0. The molecule has 22 heavy (non-hydrogen) atoms. The van der Waals surface area contributed by atoms with Crippen LogP contribution in [-0.4, -0.2) is 31.6 Å². The maximum absolute atomic E-state index is 5.22. The van der Waals surface area contributed by atoms with E-state index < -0.39 is 0 Å². The molecule has 2 aromatic rings. The van der Waals surface area contributed by atoms with Gasteiger partial charge < -0.3 is 9.51 Å². The van der Waals surface area contributed by atoms with Crippen molar-refractivity contribution in [3.63, 3.8) is 0 Å². The van der Waals surface area contributed by atoms with Gasteiger partial charge in [0.1, 0.15) is 5.82 Å². The maximum Gasteiger partial charge on any atom is 0.226 e. The fraction of sp³-hybridized carbons (Fsp3) is 0.688. The highest BCUT2D eigenvalue weighted by molar-refractivity contribution is 5.19. The SMILES string of the molecule is CCc1nc(CN2CCC[C@H]2c2nc3c([nH]2)CCCC3)no1. The normalized spacial score (nSPS) is 22.1. The molecular weight excluding hydrogens is 278 g/mol. The van der Waals surface area contributed by atoms with Crippen LogP contribution >= 0.6 is 0 Å². The molecule has 1 N–H and O–H groups in total. The van der Waals surface area contributed by atoms with E-state index >= 15 is 0 Å². The highest BCUT2D eigenvalue weighted by Crippen LogP contribution is 2.33. The number of aromatic nitrogens is 4. The van der Waals surface area contributed by atoms with Crippen molar-refractivity contribution < 1.29 is 4.52 Å². The van der Waals surface area contributed by atoms with Crippen LogP contribution in [0.25, 0.3) is 0 Å². The van der Waals surface area contributed by atoms with Crippen LogP contribution in [0.5, 0.6) is 0 Å². The number of aromatic amines is 1. The zero-order valence-electron chi connectivity index (χ0n) is 13.1. The Morgan fingerprint density at radius 2 is 2.14 bits per heavy atom. The molecule has 4 rings (SSSR count). The smallest absolute Gasteiger partial charge is 0.226 e. The zero-order valence-corrected chi connectivity index (χ0v) is 13.1. The minimum Gasteiger partial charge on any atom is -0.344 e. The number of rotatable bonds is 4. The monoisotopic (exact) mass is 301 g/mol. The fourth-order valence-corrected chi connectivity index (χ4v) is 3.64. The quantitative estimate of drug-likeness (QED) is 0.939. The van der Waals surface area contributed by atoms with Gasteiger partial charge in [0.2, 0.25) is 5.89 Å². The van der Waals surface area contributed by atoms with Crippen LogP contribution in [0, 0.1) is 0 Å². The number of likely N-dealkylation sites (tertiary alicyclic amines) is 1. The third-order valence-corrected chi connectivity index (χ3v) is 4.81. The van der Waals surface area contributed by atoms with Gasteiger partial charge in [-0.25, -0.2) is 4.98 Å². The molecule has 3 heterocycles. The van der Waals surface area contributed by atoms with Gasteiger partial charge >= 0.3 is 0 Å². The van der Waals surface area contributed by atoms with Crippen molar-refractivity contribution in [2.75, 3.05) is 6.54 Å². The Balaban J connectivity index is 1.51. The van der Waals surface area contributed by atoms with E-state index in [4.69, 9.17) is 9.51 Å². The molecule has 2 aromatic heterocycles. The van der Waals surface area contributed by atoms with E-state index in [1.54, 1.807) is 0 Å². The van der Waals surface area contributed by atoms with Crippen molar-refractivity contribution in [1.82, 2.24) is 25.0 Å². The third-order valence-electron chi connectivity index (χ3n) is 4.81. The van der Waals surface area contributed by atoms with Crippen molar-refractivity contribution in [2.45, 2.75) is 64.5 Å². The lowest BCUT2D eigenvalue weighted by Crippen LogP contribution is -2.24. The highest BCUT2D eigenvalue weighted by atomic mass is 16.5. The molecule has 1 aliphatic heterocycles. The third kappa shape index (κ3) is 2.56. The summed E-state index contributed by atoms with van der Waals surface area (Å²) in [5.74, 6) is 2.66.